The number of unbranched alkanes of at least 4 members (excludes halogenated alkanes) is 1. The highest BCUT2D eigenvalue weighted by molar-refractivity contribution is 5.90. The Morgan fingerprint density at radius 2 is 1.79 bits per heavy atom. The molecular weight excluding hydrogens is 488 g/mol. The SMILES string of the molecule is O=C(O)CCCCC(=O)Nc1cccc([C@@H]2O[C@H](CN3CCC[C@H]3CO)C[C@H](c3ccc(CO)cc3)O2)c1. The van der Waals surface area contributed by atoms with E-state index in [1.165, 1.54) is 0 Å². The monoisotopic (exact) mass is 526 g/mol. The van der Waals surface area contributed by atoms with Crippen molar-refractivity contribution in [3.05, 3.63) is 65.2 Å². The van der Waals surface area contributed by atoms with Gasteiger partial charge in [-0.3, -0.25) is 14.5 Å². The van der Waals surface area contributed by atoms with Crippen LogP contribution in [0.4, 0.5) is 5.69 Å². The van der Waals surface area contributed by atoms with Crippen molar-refractivity contribution in [2.45, 2.75) is 76.1 Å². The standard InChI is InChI=1S/C29H38N2O7/c32-18-20-10-12-21(13-11-20)26-16-25(17-31-14-4-7-24(31)19-33)37-29(38-26)22-5-3-6-23(15-22)30-27(34)8-1-2-9-28(35)36/h3,5-6,10-13,15,24-26,29,32-33H,1-2,4,7-9,14,16-19H2,(H,30,34)(H,35,36)/t24-,25-,26+,29+/m0/s1. The number of benzene rings is 2. The van der Waals surface area contributed by atoms with Crippen LogP contribution >= 0.6 is 0 Å². The molecule has 0 saturated carbocycles. The Labute approximate surface area is 223 Å². The average molecular weight is 527 g/mol. The normalized spacial score (nSPS) is 23.8. The van der Waals surface area contributed by atoms with E-state index in [4.69, 9.17) is 14.6 Å². The fraction of sp³-hybridized carbons (Fsp3) is 0.517. The van der Waals surface area contributed by atoms with Crippen LogP contribution in [0.1, 0.15) is 74.0 Å². The number of carboxylic acids is 1. The van der Waals surface area contributed by atoms with Gasteiger partial charge in [0.15, 0.2) is 6.29 Å². The van der Waals surface area contributed by atoms with Gasteiger partial charge < -0.3 is 30.1 Å². The van der Waals surface area contributed by atoms with Crippen LogP contribution in [0.15, 0.2) is 48.5 Å². The maximum absolute atomic E-state index is 12.4. The molecule has 0 radical (unpaired) electrons. The molecule has 0 unspecified atom stereocenters. The third kappa shape index (κ3) is 7.85. The first kappa shape index (κ1) is 28.2. The molecule has 2 heterocycles. The van der Waals surface area contributed by atoms with Gasteiger partial charge >= 0.3 is 5.97 Å². The van der Waals surface area contributed by atoms with E-state index < -0.39 is 12.3 Å². The van der Waals surface area contributed by atoms with E-state index in [1.807, 2.05) is 42.5 Å². The Morgan fingerprint density at radius 1 is 1.00 bits per heavy atom. The van der Waals surface area contributed by atoms with Gasteiger partial charge in [-0.25, -0.2) is 0 Å². The van der Waals surface area contributed by atoms with Gasteiger partial charge in [0.25, 0.3) is 0 Å². The summed E-state index contributed by atoms with van der Waals surface area (Å²) in [6.07, 6.45) is 3.01. The van der Waals surface area contributed by atoms with Crippen molar-refractivity contribution in [3.63, 3.8) is 0 Å². The van der Waals surface area contributed by atoms with Crippen LogP contribution in [-0.2, 0) is 25.7 Å². The number of likely N-dealkylation sites (tertiary alicyclic amines) is 1. The van der Waals surface area contributed by atoms with Gasteiger partial charge in [-0.1, -0.05) is 36.4 Å². The number of hydrogen-bond donors (Lipinski definition) is 4. The molecule has 4 atom stereocenters. The second-order valence-electron chi connectivity index (χ2n) is 10.1. The molecule has 2 aromatic rings. The molecule has 2 aromatic carbocycles. The van der Waals surface area contributed by atoms with E-state index in [1.54, 1.807) is 6.07 Å². The van der Waals surface area contributed by atoms with Crippen LogP contribution in [-0.4, -0.2) is 63.9 Å². The van der Waals surface area contributed by atoms with Gasteiger partial charge in [0.2, 0.25) is 5.91 Å². The number of carboxylic acid groups (broad SMARTS) is 1. The molecule has 38 heavy (non-hydrogen) atoms. The van der Waals surface area contributed by atoms with Crippen LogP contribution in [0.2, 0.25) is 0 Å². The summed E-state index contributed by atoms with van der Waals surface area (Å²) < 4.78 is 12.9. The predicted octanol–water partition coefficient (Wildman–Crippen LogP) is 3.76. The number of anilines is 1. The molecule has 2 fully saturated rings. The highest BCUT2D eigenvalue weighted by Gasteiger charge is 2.35. The summed E-state index contributed by atoms with van der Waals surface area (Å²) in [4.78, 5) is 25.3. The van der Waals surface area contributed by atoms with Crippen LogP contribution in [0.25, 0.3) is 0 Å². The number of carbonyl (C=O) groups is 2. The number of nitrogens with one attached hydrogen (secondary N) is 1. The lowest BCUT2D eigenvalue weighted by atomic mass is 9.99. The molecule has 2 aliphatic heterocycles. The molecule has 0 spiro atoms. The first-order valence-corrected chi connectivity index (χ1v) is 13.4. The molecule has 0 aliphatic carbocycles. The van der Waals surface area contributed by atoms with E-state index in [0.29, 0.717) is 31.5 Å². The van der Waals surface area contributed by atoms with Crippen molar-refractivity contribution in [1.82, 2.24) is 4.90 Å². The topological polar surface area (TPSA) is 129 Å². The Morgan fingerprint density at radius 3 is 2.53 bits per heavy atom. The maximum Gasteiger partial charge on any atom is 0.303 e. The van der Waals surface area contributed by atoms with Crippen molar-refractivity contribution < 1.29 is 34.4 Å². The van der Waals surface area contributed by atoms with Crippen molar-refractivity contribution in [1.29, 1.82) is 0 Å². The third-order valence-electron chi connectivity index (χ3n) is 7.25. The molecule has 2 saturated heterocycles. The highest BCUT2D eigenvalue weighted by atomic mass is 16.7. The Balaban J connectivity index is 1.46. The zero-order chi connectivity index (χ0) is 26.9. The largest absolute Gasteiger partial charge is 0.481 e. The Bertz CT molecular complexity index is 1060. The molecule has 206 valence electrons. The quantitative estimate of drug-likeness (QED) is 0.308. The van der Waals surface area contributed by atoms with Gasteiger partial charge in [0, 0.05) is 43.1 Å². The minimum absolute atomic E-state index is 0.0181. The minimum atomic E-state index is -0.858. The lowest BCUT2D eigenvalue weighted by Crippen LogP contribution is -2.42. The van der Waals surface area contributed by atoms with E-state index in [9.17, 15) is 19.8 Å². The molecule has 9 nitrogen and oxygen atoms in total. The second-order valence-corrected chi connectivity index (χ2v) is 10.1. The zero-order valence-electron chi connectivity index (χ0n) is 21.6. The van der Waals surface area contributed by atoms with Gasteiger partial charge in [0.1, 0.15) is 0 Å². The summed E-state index contributed by atoms with van der Waals surface area (Å²) in [6.45, 7) is 1.75. The minimum Gasteiger partial charge on any atom is -0.481 e. The molecule has 0 aromatic heterocycles. The average Bonchev–Trinajstić information content (AvgIpc) is 3.38. The summed E-state index contributed by atoms with van der Waals surface area (Å²) in [6, 6.07) is 15.3. The first-order valence-electron chi connectivity index (χ1n) is 13.4. The number of rotatable bonds is 12. The molecule has 9 heteroatoms. The Hall–Kier alpha value is -2.82. The highest BCUT2D eigenvalue weighted by Crippen LogP contribution is 2.39. The van der Waals surface area contributed by atoms with Crippen molar-refractivity contribution >= 4 is 17.6 Å². The van der Waals surface area contributed by atoms with Crippen LogP contribution in [0, 0.1) is 0 Å². The van der Waals surface area contributed by atoms with Gasteiger partial charge in [0.05, 0.1) is 25.4 Å². The Kier molecular flexibility index (Phi) is 10.3. The first-order chi connectivity index (χ1) is 18.4. The number of aliphatic hydroxyl groups excluding tert-OH is 2. The molecule has 0 bridgehead atoms. The van der Waals surface area contributed by atoms with E-state index in [-0.39, 0.29) is 50.2 Å². The van der Waals surface area contributed by atoms with E-state index in [2.05, 4.69) is 10.2 Å². The molecule has 4 rings (SSSR count). The van der Waals surface area contributed by atoms with Crippen LogP contribution in [0.5, 0.6) is 0 Å². The molecular formula is C29H38N2O7. The maximum atomic E-state index is 12.4. The van der Waals surface area contributed by atoms with Crippen LogP contribution in [0.3, 0.4) is 0 Å². The number of nitrogens with zero attached hydrogens (tertiary/aromatic N) is 1. The molecule has 1 amide bonds. The number of hydrogen-bond acceptors (Lipinski definition) is 7. The number of amides is 1. The third-order valence-corrected chi connectivity index (χ3v) is 7.25. The van der Waals surface area contributed by atoms with Crippen molar-refractivity contribution in [2.75, 3.05) is 25.0 Å². The zero-order valence-corrected chi connectivity index (χ0v) is 21.6. The van der Waals surface area contributed by atoms with Gasteiger partial charge in [-0.15, -0.1) is 0 Å². The summed E-state index contributed by atoms with van der Waals surface area (Å²) in [7, 11) is 0. The van der Waals surface area contributed by atoms with E-state index >= 15 is 0 Å². The lowest BCUT2D eigenvalue weighted by molar-refractivity contribution is -0.253. The van der Waals surface area contributed by atoms with Crippen molar-refractivity contribution in [2.24, 2.45) is 0 Å². The smallest absolute Gasteiger partial charge is 0.303 e. The molecule has 2 aliphatic rings. The predicted molar refractivity (Wildman–Crippen MR) is 141 cm³/mol. The second kappa shape index (κ2) is 13.8. The lowest BCUT2D eigenvalue weighted by Gasteiger charge is -2.38. The molecule has 4 N–H and O–H groups in total. The van der Waals surface area contributed by atoms with Gasteiger partial charge in [-0.2, -0.15) is 0 Å². The summed E-state index contributed by atoms with van der Waals surface area (Å²) in [5.41, 5.74) is 3.26. The fourth-order valence-corrected chi connectivity index (χ4v) is 5.19. The number of aliphatic hydroxyl groups is 2. The summed E-state index contributed by atoms with van der Waals surface area (Å²) in [5, 5.41) is 30.9. The van der Waals surface area contributed by atoms with Crippen LogP contribution < -0.4 is 5.32 Å². The fourth-order valence-electron chi connectivity index (χ4n) is 5.19. The number of aliphatic carboxylic acids is 1. The number of ether oxygens (including phenoxy) is 2. The van der Waals surface area contributed by atoms with E-state index in [0.717, 1.165) is 36.1 Å². The number of carbonyl (C=O) groups excluding carboxylic acids is 1. The summed E-state index contributed by atoms with van der Waals surface area (Å²) in [5.74, 6) is -1.02. The van der Waals surface area contributed by atoms with Gasteiger partial charge in [-0.05, 0) is 55.5 Å². The van der Waals surface area contributed by atoms with Crippen molar-refractivity contribution in [3.8, 4) is 0 Å². The summed E-state index contributed by atoms with van der Waals surface area (Å²) >= 11 is 0.